The SMILES string of the molecule is O=C1CCC(NC(=O)C2CCCN(Cc3ccccc3)C2)C(c2ccccc2)N1. The van der Waals surface area contributed by atoms with Gasteiger partial charge in [0.25, 0.3) is 0 Å². The van der Waals surface area contributed by atoms with E-state index in [0.29, 0.717) is 12.8 Å². The van der Waals surface area contributed by atoms with Crippen molar-refractivity contribution in [1.82, 2.24) is 15.5 Å². The predicted octanol–water partition coefficient (Wildman–Crippen LogP) is 3.03. The second-order valence-corrected chi connectivity index (χ2v) is 8.17. The van der Waals surface area contributed by atoms with E-state index in [9.17, 15) is 9.59 Å². The number of carbonyl (C=O) groups is 2. The number of benzene rings is 2. The molecule has 152 valence electrons. The molecule has 2 saturated heterocycles. The van der Waals surface area contributed by atoms with Crippen molar-refractivity contribution in [3.05, 3.63) is 71.8 Å². The highest BCUT2D eigenvalue weighted by Crippen LogP contribution is 2.25. The molecule has 4 rings (SSSR count). The van der Waals surface area contributed by atoms with Gasteiger partial charge in [0.1, 0.15) is 0 Å². The monoisotopic (exact) mass is 391 g/mol. The summed E-state index contributed by atoms with van der Waals surface area (Å²) in [5.74, 6) is 0.169. The van der Waals surface area contributed by atoms with Crippen LogP contribution in [0.5, 0.6) is 0 Å². The van der Waals surface area contributed by atoms with Crippen LogP contribution in [-0.2, 0) is 16.1 Å². The summed E-state index contributed by atoms with van der Waals surface area (Å²) in [7, 11) is 0. The topological polar surface area (TPSA) is 61.4 Å². The van der Waals surface area contributed by atoms with Crippen molar-refractivity contribution in [2.24, 2.45) is 5.92 Å². The van der Waals surface area contributed by atoms with Gasteiger partial charge in [-0.2, -0.15) is 0 Å². The summed E-state index contributed by atoms with van der Waals surface area (Å²) in [5, 5.41) is 6.33. The van der Waals surface area contributed by atoms with Gasteiger partial charge in [-0.15, -0.1) is 0 Å². The van der Waals surface area contributed by atoms with E-state index in [1.54, 1.807) is 0 Å². The van der Waals surface area contributed by atoms with Gasteiger partial charge >= 0.3 is 0 Å². The van der Waals surface area contributed by atoms with Gasteiger partial charge in [-0.3, -0.25) is 14.5 Å². The first-order valence-electron chi connectivity index (χ1n) is 10.6. The number of nitrogens with one attached hydrogen (secondary N) is 2. The van der Waals surface area contributed by atoms with Crippen molar-refractivity contribution < 1.29 is 9.59 Å². The molecule has 0 aliphatic carbocycles. The maximum atomic E-state index is 13.1. The number of nitrogens with zero attached hydrogens (tertiary/aromatic N) is 1. The molecule has 5 nitrogen and oxygen atoms in total. The second-order valence-electron chi connectivity index (χ2n) is 8.17. The van der Waals surface area contributed by atoms with Gasteiger partial charge in [0, 0.05) is 19.5 Å². The van der Waals surface area contributed by atoms with Crippen LogP contribution in [-0.4, -0.2) is 35.8 Å². The Labute approximate surface area is 172 Å². The first-order chi connectivity index (χ1) is 14.2. The molecule has 2 aliphatic heterocycles. The normalized spacial score (nSPS) is 25.2. The quantitative estimate of drug-likeness (QED) is 0.824. The number of carbonyl (C=O) groups excluding carboxylic acids is 2. The molecule has 5 heteroatoms. The second kappa shape index (κ2) is 9.23. The third-order valence-corrected chi connectivity index (χ3v) is 6.01. The molecule has 0 bridgehead atoms. The first kappa shape index (κ1) is 19.6. The molecule has 0 aromatic heterocycles. The Bertz CT molecular complexity index is 825. The van der Waals surface area contributed by atoms with E-state index in [-0.39, 0.29) is 29.8 Å². The van der Waals surface area contributed by atoms with Crippen LogP contribution in [0.25, 0.3) is 0 Å². The summed E-state index contributed by atoms with van der Waals surface area (Å²) < 4.78 is 0. The fourth-order valence-electron chi connectivity index (χ4n) is 4.49. The van der Waals surface area contributed by atoms with E-state index >= 15 is 0 Å². The predicted molar refractivity (Wildman–Crippen MR) is 113 cm³/mol. The molecule has 2 heterocycles. The average Bonchev–Trinajstić information content (AvgIpc) is 2.76. The van der Waals surface area contributed by atoms with E-state index in [4.69, 9.17) is 0 Å². The lowest BCUT2D eigenvalue weighted by Crippen LogP contribution is -2.53. The number of rotatable bonds is 5. The molecule has 0 radical (unpaired) electrons. The third-order valence-electron chi connectivity index (χ3n) is 6.01. The summed E-state index contributed by atoms with van der Waals surface area (Å²) in [6.45, 7) is 2.71. The van der Waals surface area contributed by atoms with Crippen LogP contribution in [0.15, 0.2) is 60.7 Å². The third kappa shape index (κ3) is 5.04. The van der Waals surface area contributed by atoms with Crippen LogP contribution in [0.1, 0.15) is 42.9 Å². The van der Waals surface area contributed by atoms with E-state index in [2.05, 4.69) is 39.8 Å². The standard InChI is InChI=1S/C24H29N3O2/c28-22-14-13-21(23(26-22)19-10-5-2-6-11-19)25-24(29)20-12-7-15-27(17-20)16-18-8-3-1-4-9-18/h1-6,8-11,20-21,23H,7,12-17H2,(H,25,29)(H,26,28). The smallest absolute Gasteiger partial charge is 0.224 e. The van der Waals surface area contributed by atoms with Crippen LogP contribution in [0, 0.1) is 5.92 Å². The Morgan fingerprint density at radius 1 is 1.03 bits per heavy atom. The molecule has 29 heavy (non-hydrogen) atoms. The minimum atomic E-state index is -0.162. The van der Waals surface area contributed by atoms with Crippen molar-refractivity contribution in [3.63, 3.8) is 0 Å². The van der Waals surface area contributed by atoms with Gasteiger partial charge in [0.05, 0.1) is 18.0 Å². The zero-order chi connectivity index (χ0) is 20.1. The van der Waals surface area contributed by atoms with Gasteiger partial charge < -0.3 is 10.6 Å². The molecule has 2 aliphatic rings. The highest BCUT2D eigenvalue weighted by Gasteiger charge is 2.33. The zero-order valence-electron chi connectivity index (χ0n) is 16.7. The van der Waals surface area contributed by atoms with Crippen molar-refractivity contribution in [2.45, 2.75) is 44.3 Å². The molecule has 0 spiro atoms. The van der Waals surface area contributed by atoms with Crippen LogP contribution in [0.3, 0.4) is 0 Å². The summed E-state index contributed by atoms with van der Waals surface area (Å²) >= 11 is 0. The van der Waals surface area contributed by atoms with Crippen molar-refractivity contribution in [1.29, 1.82) is 0 Å². The summed E-state index contributed by atoms with van der Waals surface area (Å²) in [6.07, 6.45) is 3.09. The zero-order valence-corrected chi connectivity index (χ0v) is 16.7. The minimum Gasteiger partial charge on any atom is -0.351 e. The van der Waals surface area contributed by atoms with Crippen molar-refractivity contribution in [3.8, 4) is 0 Å². The molecule has 2 aromatic carbocycles. The lowest BCUT2D eigenvalue weighted by atomic mass is 9.90. The molecule has 2 N–H and O–H groups in total. The van der Waals surface area contributed by atoms with Gasteiger partial charge in [-0.25, -0.2) is 0 Å². The summed E-state index contributed by atoms with van der Waals surface area (Å²) in [6, 6.07) is 20.1. The molecule has 0 saturated carbocycles. The fourth-order valence-corrected chi connectivity index (χ4v) is 4.49. The summed E-state index contributed by atoms with van der Waals surface area (Å²) in [4.78, 5) is 27.4. The van der Waals surface area contributed by atoms with Crippen LogP contribution < -0.4 is 10.6 Å². The lowest BCUT2D eigenvalue weighted by Gasteiger charge is -2.36. The molecule has 3 unspecified atom stereocenters. The fraction of sp³-hybridized carbons (Fsp3) is 0.417. The minimum absolute atomic E-state index is 0.00140. The van der Waals surface area contributed by atoms with E-state index in [1.165, 1.54) is 5.56 Å². The van der Waals surface area contributed by atoms with Crippen molar-refractivity contribution in [2.75, 3.05) is 13.1 Å². The average molecular weight is 392 g/mol. The number of amides is 2. The number of likely N-dealkylation sites (tertiary alicyclic amines) is 1. The molecular weight excluding hydrogens is 362 g/mol. The molecule has 2 fully saturated rings. The van der Waals surface area contributed by atoms with Crippen LogP contribution in [0.2, 0.25) is 0 Å². The summed E-state index contributed by atoms with van der Waals surface area (Å²) in [5.41, 5.74) is 2.33. The Morgan fingerprint density at radius 3 is 2.52 bits per heavy atom. The number of piperidine rings is 2. The van der Waals surface area contributed by atoms with Crippen LogP contribution in [0.4, 0.5) is 0 Å². The van der Waals surface area contributed by atoms with E-state index in [1.807, 2.05) is 36.4 Å². The number of hydrogen-bond donors (Lipinski definition) is 2. The van der Waals surface area contributed by atoms with Gasteiger partial charge in [0.15, 0.2) is 0 Å². The largest absolute Gasteiger partial charge is 0.351 e. The van der Waals surface area contributed by atoms with Crippen LogP contribution >= 0.6 is 0 Å². The van der Waals surface area contributed by atoms with E-state index < -0.39 is 0 Å². The molecular formula is C24H29N3O2. The highest BCUT2D eigenvalue weighted by molar-refractivity contribution is 5.81. The Morgan fingerprint density at radius 2 is 1.76 bits per heavy atom. The number of hydrogen-bond acceptors (Lipinski definition) is 3. The maximum Gasteiger partial charge on any atom is 0.224 e. The maximum absolute atomic E-state index is 13.1. The van der Waals surface area contributed by atoms with Crippen molar-refractivity contribution >= 4 is 11.8 Å². The van der Waals surface area contributed by atoms with Gasteiger partial charge in [-0.05, 0) is 36.9 Å². The van der Waals surface area contributed by atoms with Gasteiger partial charge in [0.2, 0.25) is 11.8 Å². The first-order valence-corrected chi connectivity index (χ1v) is 10.6. The Balaban J connectivity index is 1.39. The molecule has 2 aromatic rings. The highest BCUT2D eigenvalue weighted by atomic mass is 16.2. The molecule has 2 amide bonds. The Kier molecular flexibility index (Phi) is 6.25. The lowest BCUT2D eigenvalue weighted by molar-refractivity contribution is -0.130. The Hall–Kier alpha value is -2.66. The molecule has 3 atom stereocenters. The van der Waals surface area contributed by atoms with E-state index in [0.717, 1.165) is 38.0 Å². The van der Waals surface area contributed by atoms with Gasteiger partial charge in [-0.1, -0.05) is 60.7 Å².